The molecule has 0 saturated carbocycles. The molecule has 3 rings (SSSR count). The van der Waals surface area contributed by atoms with Gasteiger partial charge in [0.25, 0.3) is 11.8 Å². The fourth-order valence-corrected chi connectivity index (χ4v) is 3.83. The lowest BCUT2D eigenvalue weighted by Crippen LogP contribution is -2.45. The first-order valence-corrected chi connectivity index (χ1v) is 9.98. The van der Waals surface area contributed by atoms with Crippen molar-refractivity contribution in [3.63, 3.8) is 0 Å². The highest BCUT2D eigenvalue weighted by Gasteiger charge is 2.28. The molecule has 1 aliphatic heterocycles. The van der Waals surface area contributed by atoms with Crippen LogP contribution in [0.1, 0.15) is 39.8 Å². The van der Waals surface area contributed by atoms with Crippen molar-refractivity contribution in [2.24, 2.45) is 5.92 Å². The van der Waals surface area contributed by atoms with E-state index in [-0.39, 0.29) is 23.6 Å². The van der Waals surface area contributed by atoms with Gasteiger partial charge in [-0.25, -0.2) is 0 Å². The van der Waals surface area contributed by atoms with Gasteiger partial charge in [-0.1, -0.05) is 12.1 Å². The molecule has 2 N–H and O–H groups in total. The molecule has 1 saturated heterocycles. The molecule has 27 heavy (non-hydrogen) atoms. The molecule has 6 nitrogen and oxygen atoms in total. The number of thiophene rings is 1. The molecule has 1 aliphatic rings. The summed E-state index contributed by atoms with van der Waals surface area (Å²) in [5, 5.41) is 7.50. The Morgan fingerprint density at radius 3 is 2.81 bits per heavy atom. The van der Waals surface area contributed by atoms with E-state index in [1.165, 1.54) is 11.3 Å². The Hall–Kier alpha value is -2.67. The highest BCUT2D eigenvalue weighted by atomic mass is 32.1. The first-order chi connectivity index (χ1) is 13.1. The minimum atomic E-state index is -0.191. The normalized spacial score (nSPS) is 16.6. The van der Waals surface area contributed by atoms with Gasteiger partial charge in [0.05, 0.1) is 10.8 Å². The van der Waals surface area contributed by atoms with E-state index >= 15 is 0 Å². The van der Waals surface area contributed by atoms with E-state index in [1.807, 2.05) is 18.4 Å². The van der Waals surface area contributed by atoms with E-state index in [9.17, 15) is 14.4 Å². The Labute approximate surface area is 162 Å². The van der Waals surface area contributed by atoms with Crippen molar-refractivity contribution in [1.82, 2.24) is 10.2 Å². The zero-order chi connectivity index (χ0) is 19.2. The number of piperidine rings is 1. The van der Waals surface area contributed by atoms with Crippen LogP contribution in [0, 0.1) is 5.92 Å². The Morgan fingerprint density at radius 2 is 2.07 bits per heavy atom. The van der Waals surface area contributed by atoms with Crippen molar-refractivity contribution in [3.05, 3.63) is 52.2 Å². The van der Waals surface area contributed by atoms with Gasteiger partial charge in [-0.2, -0.15) is 0 Å². The van der Waals surface area contributed by atoms with Crippen molar-refractivity contribution in [1.29, 1.82) is 0 Å². The average Bonchev–Trinajstić information content (AvgIpc) is 3.23. The Bertz CT molecular complexity index is 820. The van der Waals surface area contributed by atoms with Gasteiger partial charge in [-0.05, 0) is 49.4 Å². The maximum atomic E-state index is 12.9. The van der Waals surface area contributed by atoms with Crippen LogP contribution in [-0.4, -0.2) is 42.3 Å². The van der Waals surface area contributed by atoms with E-state index in [4.69, 9.17) is 0 Å². The van der Waals surface area contributed by atoms with Gasteiger partial charge in [-0.3, -0.25) is 14.4 Å². The third-order valence-corrected chi connectivity index (χ3v) is 5.41. The number of rotatable bonds is 5. The minimum Gasteiger partial charge on any atom is -0.356 e. The molecular weight excluding hydrogens is 362 g/mol. The molecule has 0 bridgehead atoms. The summed E-state index contributed by atoms with van der Waals surface area (Å²) in [7, 11) is 0. The first kappa shape index (κ1) is 19.1. The summed E-state index contributed by atoms with van der Waals surface area (Å²) in [6.07, 6.45) is 1.61. The van der Waals surface area contributed by atoms with Crippen LogP contribution in [0.15, 0.2) is 41.8 Å². The summed E-state index contributed by atoms with van der Waals surface area (Å²) >= 11 is 1.37. The molecule has 142 valence electrons. The van der Waals surface area contributed by atoms with Gasteiger partial charge in [0, 0.05) is 30.9 Å². The monoisotopic (exact) mass is 385 g/mol. The Morgan fingerprint density at radius 1 is 1.22 bits per heavy atom. The molecule has 2 aromatic rings. The van der Waals surface area contributed by atoms with Gasteiger partial charge in [0.1, 0.15) is 0 Å². The van der Waals surface area contributed by atoms with Crippen LogP contribution in [0.25, 0.3) is 0 Å². The molecule has 3 amide bonds. The first-order valence-electron chi connectivity index (χ1n) is 9.10. The number of likely N-dealkylation sites (tertiary alicyclic amines) is 1. The average molecular weight is 385 g/mol. The van der Waals surface area contributed by atoms with E-state index in [2.05, 4.69) is 10.6 Å². The number of benzene rings is 1. The number of carbonyl (C=O) groups is 3. The lowest BCUT2D eigenvalue weighted by molar-refractivity contribution is -0.126. The summed E-state index contributed by atoms with van der Waals surface area (Å²) in [4.78, 5) is 39.5. The fourth-order valence-electron chi connectivity index (χ4n) is 3.21. The highest BCUT2D eigenvalue weighted by Crippen LogP contribution is 2.21. The molecular formula is C20H23N3O3S. The predicted octanol–water partition coefficient (Wildman–Crippen LogP) is 2.99. The topological polar surface area (TPSA) is 78.5 Å². The summed E-state index contributed by atoms with van der Waals surface area (Å²) in [5.41, 5.74) is 1.09. The van der Waals surface area contributed by atoms with Crippen molar-refractivity contribution in [2.45, 2.75) is 19.8 Å². The number of amides is 3. The molecule has 1 fully saturated rings. The quantitative estimate of drug-likeness (QED) is 0.830. The van der Waals surface area contributed by atoms with Crippen molar-refractivity contribution >= 4 is 34.7 Å². The van der Waals surface area contributed by atoms with E-state index in [1.54, 1.807) is 35.2 Å². The van der Waals surface area contributed by atoms with Crippen LogP contribution in [0.4, 0.5) is 5.69 Å². The molecule has 0 radical (unpaired) electrons. The largest absolute Gasteiger partial charge is 0.356 e. The second kappa shape index (κ2) is 8.81. The summed E-state index contributed by atoms with van der Waals surface area (Å²) < 4.78 is 0. The zero-order valence-corrected chi connectivity index (χ0v) is 16.1. The summed E-state index contributed by atoms with van der Waals surface area (Å²) in [6, 6.07) is 10.5. The van der Waals surface area contributed by atoms with E-state index in [0.717, 1.165) is 12.8 Å². The maximum absolute atomic E-state index is 12.9. The minimum absolute atomic E-state index is 0.00645. The number of carbonyl (C=O) groups excluding carboxylic acids is 3. The van der Waals surface area contributed by atoms with Crippen LogP contribution < -0.4 is 10.6 Å². The highest BCUT2D eigenvalue weighted by molar-refractivity contribution is 7.12. The van der Waals surface area contributed by atoms with Crippen LogP contribution in [0.2, 0.25) is 0 Å². The number of anilines is 1. The van der Waals surface area contributed by atoms with Gasteiger partial charge in [-0.15, -0.1) is 11.3 Å². The second-order valence-electron chi connectivity index (χ2n) is 6.50. The van der Waals surface area contributed by atoms with Gasteiger partial charge >= 0.3 is 0 Å². The third kappa shape index (κ3) is 4.74. The van der Waals surface area contributed by atoms with Crippen LogP contribution in [-0.2, 0) is 4.79 Å². The number of hydrogen-bond acceptors (Lipinski definition) is 4. The number of hydrogen-bond donors (Lipinski definition) is 2. The van der Waals surface area contributed by atoms with Crippen molar-refractivity contribution < 1.29 is 14.4 Å². The van der Waals surface area contributed by atoms with Crippen molar-refractivity contribution in [2.75, 3.05) is 25.0 Å². The molecule has 1 atom stereocenters. The summed E-state index contributed by atoms with van der Waals surface area (Å²) in [6.45, 7) is 3.55. The van der Waals surface area contributed by atoms with Crippen LogP contribution in [0.3, 0.4) is 0 Å². The molecule has 0 aliphatic carbocycles. The molecule has 1 aromatic carbocycles. The Kier molecular flexibility index (Phi) is 6.24. The molecule has 0 spiro atoms. The predicted molar refractivity (Wildman–Crippen MR) is 106 cm³/mol. The lowest BCUT2D eigenvalue weighted by Gasteiger charge is -2.32. The smallest absolute Gasteiger partial charge is 0.265 e. The van der Waals surface area contributed by atoms with Gasteiger partial charge in [0.15, 0.2) is 0 Å². The molecule has 1 aromatic heterocycles. The van der Waals surface area contributed by atoms with Crippen LogP contribution in [0.5, 0.6) is 0 Å². The zero-order valence-electron chi connectivity index (χ0n) is 15.2. The number of nitrogens with one attached hydrogen (secondary N) is 2. The van der Waals surface area contributed by atoms with E-state index in [0.29, 0.717) is 35.8 Å². The SMILES string of the molecule is CCNC(=O)C1CCCN(C(=O)c2cccc(NC(=O)c3cccs3)c2)C1. The van der Waals surface area contributed by atoms with Gasteiger partial charge in [0.2, 0.25) is 5.91 Å². The Balaban J connectivity index is 1.68. The second-order valence-corrected chi connectivity index (χ2v) is 7.44. The van der Waals surface area contributed by atoms with Crippen LogP contribution >= 0.6 is 11.3 Å². The maximum Gasteiger partial charge on any atom is 0.265 e. The number of nitrogens with zero attached hydrogens (tertiary/aromatic N) is 1. The van der Waals surface area contributed by atoms with Crippen molar-refractivity contribution in [3.8, 4) is 0 Å². The molecule has 2 heterocycles. The third-order valence-electron chi connectivity index (χ3n) is 4.54. The summed E-state index contributed by atoms with van der Waals surface area (Å²) in [5.74, 6) is -0.462. The molecule has 1 unspecified atom stereocenters. The van der Waals surface area contributed by atoms with Gasteiger partial charge < -0.3 is 15.5 Å². The molecule has 7 heteroatoms. The lowest BCUT2D eigenvalue weighted by atomic mass is 9.96. The standard InChI is InChI=1S/C20H23N3O3S/c1-2-21-18(24)15-7-4-10-23(13-15)20(26)14-6-3-8-16(12-14)22-19(25)17-9-5-11-27-17/h3,5-6,8-9,11-12,15H,2,4,7,10,13H2,1H3,(H,21,24)(H,22,25). The fraction of sp³-hybridized carbons (Fsp3) is 0.350. The van der Waals surface area contributed by atoms with E-state index < -0.39 is 0 Å².